The fourth-order valence-corrected chi connectivity index (χ4v) is 2.84. The number of aryl methyl sites for hydroxylation is 1. The minimum Gasteiger partial charge on any atom is -0.388 e. The van der Waals surface area contributed by atoms with Crippen molar-refractivity contribution in [1.29, 1.82) is 0 Å². The van der Waals surface area contributed by atoms with Crippen LogP contribution in [0.1, 0.15) is 34.9 Å². The van der Waals surface area contributed by atoms with Crippen LogP contribution in [0.15, 0.2) is 36.5 Å². The Labute approximate surface area is 128 Å². The Balaban J connectivity index is 1.72. The molecule has 1 aromatic carbocycles. The van der Waals surface area contributed by atoms with Gasteiger partial charge in [-0.2, -0.15) is 0 Å². The van der Waals surface area contributed by atoms with Gasteiger partial charge in [0.2, 0.25) is 5.91 Å². The summed E-state index contributed by atoms with van der Waals surface area (Å²) in [6.07, 6.45) is 2.95. The number of hydrogen-bond acceptors (Lipinski definition) is 4. The zero-order chi connectivity index (χ0) is 15.1. The first-order chi connectivity index (χ1) is 10.2. The van der Waals surface area contributed by atoms with Crippen LogP contribution in [0, 0.1) is 0 Å². The molecule has 0 fully saturated rings. The zero-order valence-electron chi connectivity index (χ0n) is 12.1. The van der Waals surface area contributed by atoms with E-state index in [0.717, 1.165) is 23.4 Å². The van der Waals surface area contributed by atoms with Crippen molar-refractivity contribution in [2.45, 2.75) is 32.3 Å². The zero-order valence-corrected chi connectivity index (χ0v) is 12.9. The van der Waals surface area contributed by atoms with Gasteiger partial charge in [-0.05, 0) is 12.0 Å². The van der Waals surface area contributed by atoms with Crippen molar-refractivity contribution in [1.82, 2.24) is 10.3 Å². The number of benzene rings is 1. The monoisotopic (exact) mass is 304 g/mol. The summed E-state index contributed by atoms with van der Waals surface area (Å²) in [5.74, 6) is -0.140. The number of aliphatic hydroxyl groups is 1. The van der Waals surface area contributed by atoms with E-state index in [9.17, 15) is 9.90 Å². The van der Waals surface area contributed by atoms with Gasteiger partial charge in [-0.25, -0.2) is 4.98 Å². The van der Waals surface area contributed by atoms with Crippen LogP contribution in [0.3, 0.4) is 0 Å². The van der Waals surface area contributed by atoms with E-state index in [1.165, 1.54) is 4.88 Å². The smallest absolute Gasteiger partial charge is 0.222 e. The normalized spacial score (nSPS) is 12.1. The van der Waals surface area contributed by atoms with Gasteiger partial charge < -0.3 is 10.4 Å². The maximum Gasteiger partial charge on any atom is 0.222 e. The molecule has 4 nitrogen and oxygen atoms in total. The van der Waals surface area contributed by atoms with Gasteiger partial charge in [0.1, 0.15) is 0 Å². The minimum atomic E-state index is -0.752. The highest BCUT2D eigenvalue weighted by atomic mass is 32.1. The number of carbonyl (C=O) groups excluding carboxylic acids is 1. The molecule has 112 valence electrons. The number of aliphatic hydroxyl groups excluding tert-OH is 1. The molecule has 2 aromatic rings. The van der Waals surface area contributed by atoms with Gasteiger partial charge in [0.15, 0.2) is 0 Å². The number of nitrogens with one attached hydrogen (secondary N) is 1. The van der Waals surface area contributed by atoms with Crippen molar-refractivity contribution < 1.29 is 9.90 Å². The highest BCUT2D eigenvalue weighted by molar-refractivity contribution is 7.11. The maximum absolute atomic E-state index is 11.8. The lowest BCUT2D eigenvalue weighted by Crippen LogP contribution is -2.27. The third-order valence-corrected chi connectivity index (χ3v) is 4.38. The van der Waals surface area contributed by atoms with E-state index in [-0.39, 0.29) is 12.3 Å². The molecule has 1 aromatic heterocycles. The van der Waals surface area contributed by atoms with Crippen LogP contribution >= 0.6 is 11.3 Å². The number of rotatable bonds is 7. The number of amides is 1. The van der Waals surface area contributed by atoms with E-state index in [1.807, 2.05) is 36.5 Å². The molecule has 1 amide bonds. The molecule has 0 saturated carbocycles. The van der Waals surface area contributed by atoms with Crippen LogP contribution in [0.2, 0.25) is 0 Å². The molecule has 1 atom stereocenters. The molecule has 0 aliphatic carbocycles. The quantitative estimate of drug-likeness (QED) is 0.826. The highest BCUT2D eigenvalue weighted by Gasteiger charge is 2.12. The van der Waals surface area contributed by atoms with E-state index in [4.69, 9.17) is 0 Å². The molecule has 0 bridgehead atoms. The maximum atomic E-state index is 11.8. The first kappa shape index (κ1) is 15.7. The molecular formula is C16H20N2O2S. The molecule has 21 heavy (non-hydrogen) atoms. The van der Waals surface area contributed by atoms with Gasteiger partial charge in [0, 0.05) is 24.0 Å². The second-order valence-corrected chi connectivity index (χ2v) is 6.00. The van der Waals surface area contributed by atoms with Gasteiger partial charge in [-0.3, -0.25) is 4.79 Å². The van der Waals surface area contributed by atoms with Crippen molar-refractivity contribution >= 4 is 17.2 Å². The van der Waals surface area contributed by atoms with E-state index in [1.54, 1.807) is 11.3 Å². The van der Waals surface area contributed by atoms with Crippen molar-refractivity contribution in [3.05, 3.63) is 52.0 Å². The van der Waals surface area contributed by atoms with Crippen LogP contribution in [0.4, 0.5) is 0 Å². The first-order valence-corrected chi connectivity index (χ1v) is 7.94. The summed E-state index contributed by atoms with van der Waals surface area (Å²) < 4.78 is 0. The van der Waals surface area contributed by atoms with Crippen molar-refractivity contribution in [3.8, 4) is 0 Å². The van der Waals surface area contributed by atoms with Crippen LogP contribution in [-0.2, 0) is 17.6 Å². The Morgan fingerprint density at radius 1 is 1.38 bits per heavy atom. The Morgan fingerprint density at radius 3 is 2.81 bits per heavy atom. The number of carbonyl (C=O) groups is 1. The number of aromatic nitrogens is 1. The van der Waals surface area contributed by atoms with Gasteiger partial charge in [-0.1, -0.05) is 37.3 Å². The largest absolute Gasteiger partial charge is 0.388 e. The van der Waals surface area contributed by atoms with E-state index in [2.05, 4.69) is 17.2 Å². The predicted octanol–water partition coefficient (Wildman–Crippen LogP) is 2.49. The first-order valence-electron chi connectivity index (χ1n) is 7.12. The molecule has 1 unspecified atom stereocenters. The predicted molar refractivity (Wildman–Crippen MR) is 84.2 cm³/mol. The molecule has 0 radical (unpaired) electrons. The molecule has 2 rings (SSSR count). The molecule has 0 spiro atoms. The lowest BCUT2D eigenvalue weighted by molar-refractivity contribution is -0.123. The third kappa shape index (κ3) is 4.95. The van der Waals surface area contributed by atoms with Gasteiger partial charge in [0.25, 0.3) is 0 Å². The summed E-state index contributed by atoms with van der Waals surface area (Å²) in [6, 6.07) is 9.23. The minimum absolute atomic E-state index is 0.0854. The lowest BCUT2D eigenvalue weighted by atomic mass is 10.1. The summed E-state index contributed by atoms with van der Waals surface area (Å²) >= 11 is 1.68. The number of hydrogen-bond donors (Lipinski definition) is 2. The Kier molecular flexibility index (Phi) is 5.90. The second kappa shape index (κ2) is 7.90. The fraction of sp³-hybridized carbons (Fsp3) is 0.375. The van der Waals surface area contributed by atoms with Crippen LogP contribution in [-0.4, -0.2) is 22.5 Å². The molecule has 0 aliphatic rings. The summed E-state index contributed by atoms with van der Waals surface area (Å²) in [4.78, 5) is 17.4. The lowest BCUT2D eigenvalue weighted by Gasteiger charge is -2.10. The summed E-state index contributed by atoms with van der Waals surface area (Å²) in [5, 5.41) is 13.8. The van der Waals surface area contributed by atoms with E-state index in [0.29, 0.717) is 6.54 Å². The van der Waals surface area contributed by atoms with Crippen molar-refractivity contribution in [2.24, 2.45) is 0 Å². The summed E-state index contributed by atoms with van der Waals surface area (Å²) in [5.41, 5.74) is 0.764. The fourth-order valence-electron chi connectivity index (χ4n) is 1.98. The van der Waals surface area contributed by atoms with Crippen LogP contribution in [0.5, 0.6) is 0 Å². The van der Waals surface area contributed by atoms with Crippen molar-refractivity contribution in [2.75, 3.05) is 6.54 Å². The second-order valence-electron chi connectivity index (χ2n) is 4.80. The van der Waals surface area contributed by atoms with Crippen molar-refractivity contribution in [3.63, 3.8) is 0 Å². The number of nitrogens with zero attached hydrogens (tertiary/aromatic N) is 1. The van der Waals surface area contributed by atoms with E-state index < -0.39 is 6.10 Å². The topological polar surface area (TPSA) is 62.2 Å². The SMILES string of the molecule is CCc1cnc(CCNC(=O)CC(O)c2ccccc2)s1. The molecule has 2 N–H and O–H groups in total. The summed E-state index contributed by atoms with van der Waals surface area (Å²) in [7, 11) is 0. The highest BCUT2D eigenvalue weighted by Crippen LogP contribution is 2.16. The molecular weight excluding hydrogens is 284 g/mol. The Bertz CT molecular complexity index is 569. The number of thiazole rings is 1. The average molecular weight is 304 g/mol. The molecule has 0 aliphatic heterocycles. The van der Waals surface area contributed by atoms with E-state index >= 15 is 0 Å². The van der Waals surface area contributed by atoms with Gasteiger partial charge in [0.05, 0.1) is 17.5 Å². The molecule has 5 heteroatoms. The standard InChI is InChI=1S/C16H20N2O2S/c1-2-13-11-18-16(21-13)8-9-17-15(20)10-14(19)12-6-4-3-5-7-12/h3-7,11,14,19H,2,8-10H2,1H3,(H,17,20). The Morgan fingerprint density at radius 2 is 2.14 bits per heavy atom. The average Bonchev–Trinajstić information content (AvgIpc) is 2.96. The summed E-state index contributed by atoms with van der Waals surface area (Å²) in [6.45, 7) is 2.65. The third-order valence-electron chi connectivity index (χ3n) is 3.17. The molecule has 0 saturated heterocycles. The molecule has 1 heterocycles. The van der Waals surface area contributed by atoms with Gasteiger partial charge in [-0.15, -0.1) is 11.3 Å². The van der Waals surface area contributed by atoms with Crippen LogP contribution in [0.25, 0.3) is 0 Å². The van der Waals surface area contributed by atoms with Gasteiger partial charge >= 0.3 is 0 Å². The van der Waals surface area contributed by atoms with Crippen LogP contribution < -0.4 is 5.32 Å². The Hall–Kier alpha value is -1.72.